The Balaban J connectivity index is 2.88. The van der Waals surface area contributed by atoms with Crippen molar-refractivity contribution < 1.29 is 71.7 Å². The molecule has 0 saturated carbocycles. The van der Waals surface area contributed by atoms with E-state index >= 15 is 0 Å². The van der Waals surface area contributed by atoms with Gasteiger partial charge < -0.3 is 9.47 Å². The van der Waals surface area contributed by atoms with Crippen molar-refractivity contribution >= 4 is 11.9 Å². The van der Waals surface area contributed by atoms with E-state index in [4.69, 9.17) is 0 Å². The molecule has 1 aliphatic carbocycles. The molecule has 1 rings (SSSR count). The van der Waals surface area contributed by atoms with Crippen LogP contribution in [-0.2, 0) is 19.1 Å². The number of hydrogen-bond acceptors (Lipinski definition) is 4. The minimum Gasteiger partial charge on any atom is -0.464 e. The molecule has 0 spiro atoms. The van der Waals surface area contributed by atoms with E-state index in [9.17, 15) is 62.3 Å². The zero-order chi connectivity index (χ0) is 25.1. The molecule has 2 unspecified atom stereocenters. The number of allylic oxidation sites excluding steroid dienone is 1. The first-order valence-corrected chi connectivity index (χ1v) is 8.53. The van der Waals surface area contributed by atoms with Gasteiger partial charge in [0.05, 0.1) is 11.8 Å². The van der Waals surface area contributed by atoms with Gasteiger partial charge in [0.1, 0.15) is 13.2 Å². The van der Waals surface area contributed by atoms with Crippen molar-refractivity contribution in [2.75, 3.05) is 13.2 Å². The molecule has 0 aromatic rings. The van der Waals surface area contributed by atoms with Gasteiger partial charge in [-0.15, -0.1) is 0 Å². The number of carbonyl (C=O) groups is 2. The molecule has 16 heteroatoms. The lowest BCUT2D eigenvalue weighted by Crippen LogP contribution is -2.43. The summed E-state index contributed by atoms with van der Waals surface area (Å²) in [6, 6.07) is 0. The van der Waals surface area contributed by atoms with Crippen molar-refractivity contribution in [2.24, 2.45) is 23.7 Å². The van der Waals surface area contributed by atoms with Crippen molar-refractivity contribution in [3.8, 4) is 0 Å². The van der Waals surface area contributed by atoms with E-state index in [-0.39, 0.29) is 12.8 Å². The van der Waals surface area contributed by atoms with Crippen LogP contribution in [-0.4, -0.2) is 49.9 Å². The van der Waals surface area contributed by atoms with Crippen LogP contribution in [0.1, 0.15) is 12.8 Å². The summed E-state index contributed by atoms with van der Waals surface area (Å²) in [5, 5.41) is 0. The molecule has 0 fully saturated rings. The van der Waals surface area contributed by atoms with Crippen LogP contribution in [0.2, 0.25) is 0 Å². The normalized spacial score (nSPS) is 20.6. The van der Waals surface area contributed by atoms with Crippen LogP contribution in [0.25, 0.3) is 0 Å². The summed E-state index contributed by atoms with van der Waals surface area (Å²) in [6.45, 7) is -4.37. The summed E-state index contributed by atoms with van der Waals surface area (Å²) >= 11 is 0. The molecule has 0 radical (unpaired) electrons. The fraction of sp³-hybridized carbons (Fsp3) is 0.750. The molecule has 0 aromatic carbocycles. The fourth-order valence-electron chi connectivity index (χ4n) is 2.62. The number of alkyl halides is 12. The average molecular weight is 498 g/mol. The molecule has 32 heavy (non-hydrogen) atoms. The molecule has 0 bridgehead atoms. The summed E-state index contributed by atoms with van der Waals surface area (Å²) < 4.78 is 158. The SMILES string of the molecule is O=C(OCC(C(F)(F)F)C(F)(F)F)C1C=CCCC1C(=O)OCC(C(F)(F)F)C(F)(F)F. The zero-order valence-corrected chi connectivity index (χ0v) is 15.5. The topological polar surface area (TPSA) is 52.6 Å². The van der Waals surface area contributed by atoms with Crippen LogP contribution in [0, 0.1) is 23.7 Å². The van der Waals surface area contributed by atoms with Crippen LogP contribution in [0.4, 0.5) is 52.7 Å². The number of carbonyl (C=O) groups excluding carboxylic acids is 2. The van der Waals surface area contributed by atoms with E-state index in [1.807, 2.05) is 0 Å². The van der Waals surface area contributed by atoms with E-state index < -0.39 is 73.5 Å². The lowest BCUT2D eigenvalue weighted by atomic mass is 9.84. The Labute approximate surface area is 171 Å². The van der Waals surface area contributed by atoms with Crippen molar-refractivity contribution in [3.63, 3.8) is 0 Å². The number of esters is 2. The lowest BCUT2D eigenvalue weighted by molar-refractivity contribution is -0.295. The van der Waals surface area contributed by atoms with E-state index in [1.165, 1.54) is 6.08 Å². The Morgan fingerprint density at radius 3 is 1.47 bits per heavy atom. The highest BCUT2D eigenvalue weighted by Gasteiger charge is 2.58. The van der Waals surface area contributed by atoms with Crippen LogP contribution in [0.5, 0.6) is 0 Å². The summed E-state index contributed by atoms with van der Waals surface area (Å²) in [5.74, 6) is -15.2. The zero-order valence-electron chi connectivity index (χ0n) is 15.5. The summed E-state index contributed by atoms with van der Waals surface area (Å²) in [4.78, 5) is 23.9. The first-order valence-electron chi connectivity index (χ1n) is 8.53. The maximum Gasteiger partial charge on any atom is 0.403 e. The molecule has 0 saturated heterocycles. The Morgan fingerprint density at radius 1 is 0.719 bits per heavy atom. The second-order valence-corrected chi connectivity index (χ2v) is 6.67. The molecular weight excluding hydrogens is 484 g/mol. The maximum atomic E-state index is 12.5. The van der Waals surface area contributed by atoms with E-state index in [0.717, 1.165) is 6.08 Å². The van der Waals surface area contributed by atoms with Crippen LogP contribution >= 0.6 is 0 Å². The van der Waals surface area contributed by atoms with Gasteiger partial charge in [-0.3, -0.25) is 9.59 Å². The minimum atomic E-state index is -5.83. The standard InChI is InChI=1S/C16H14F12O4/c17-13(18,19)9(14(20,21)22)5-31-11(29)7-3-1-2-4-8(7)12(30)32-6-10(15(23,24)25)16(26,27)28/h1,3,7-10H,2,4-6H2. The molecule has 1 aliphatic rings. The summed E-state index contributed by atoms with van der Waals surface area (Å²) in [6.07, 6.45) is -21.7. The van der Waals surface area contributed by atoms with Gasteiger partial charge in [-0.25, -0.2) is 0 Å². The molecule has 0 heterocycles. The highest BCUT2D eigenvalue weighted by atomic mass is 19.4. The second-order valence-electron chi connectivity index (χ2n) is 6.67. The average Bonchev–Trinajstić information content (AvgIpc) is 2.57. The van der Waals surface area contributed by atoms with E-state index in [0.29, 0.717) is 0 Å². The third-order valence-electron chi connectivity index (χ3n) is 4.36. The smallest absolute Gasteiger partial charge is 0.403 e. The molecule has 0 aromatic heterocycles. The van der Waals surface area contributed by atoms with Gasteiger partial charge in [-0.2, -0.15) is 52.7 Å². The monoisotopic (exact) mass is 498 g/mol. The quantitative estimate of drug-likeness (QED) is 0.289. The van der Waals surface area contributed by atoms with Gasteiger partial charge in [-0.05, 0) is 12.8 Å². The molecule has 0 aliphatic heterocycles. The Hall–Kier alpha value is -2.16. The van der Waals surface area contributed by atoms with Crippen LogP contribution < -0.4 is 0 Å². The number of halogens is 12. The minimum absolute atomic E-state index is 0.0285. The molecule has 0 amide bonds. The first-order chi connectivity index (χ1) is 14.3. The maximum absolute atomic E-state index is 12.5. The molecule has 4 nitrogen and oxygen atoms in total. The summed E-state index contributed by atoms with van der Waals surface area (Å²) in [5.41, 5.74) is 0. The molecular formula is C16H14F12O4. The lowest BCUT2D eigenvalue weighted by Gasteiger charge is -2.28. The van der Waals surface area contributed by atoms with Gasteiger partial charge in [0, 0.05) is 0 Å². The Morgan fingerprint density at radius 2 is 1.09 bits per heavy atom. The van der Waals surface area contributed by atoms with Gasteiger partial charge in [0.15, 0.2) is 11.8 Å². The van der Waals surface area contributed by atoms with E-state index in [1.54, 1.807) is 0 Å². The van der Waals surface area contributed by atoms with Crippen LogP contribution in [0.15, 0.2) is 12.2 Å². The molecule has 0 N–H and O–H groups in total. The van der Waals surface area contributed by atoms with Crippen molar-refractivity contribution in [2.45, 2.75) is 37.5 Å². The van der Waals surface area contributed by atoms with Crippen molar-refractivity contribution in [3.05, 3.63) is 12.2 Å². The largest absolute Gasteiger partial charge is 0.464 e. The third kappa shape index (κ3) is 7.76. The summed E-state index contributed by atoms with van der Waals surface area (Å²) in [7, 11) is 0. The van der Waals surface area contributed by atoms with Gasteiger partial charge >= 0.3 is 36.6 Å². The number of rotatable bonds is 6. The second kappa shape index (κ2) is 9.77. The predicted octanol–water partition coefficient (Wildman–Crippen LogP) is 5.14. The highest BCUT2D eigenvalue weighted by molar-refractivity contribution is 5.84. The van der Waals surface area contributed by atoms with Crippen molar-refractivity contribution in [1.82, 2.24) is 0 Å². The number of hydrogen-bond donors (Lipinski definition) is 0. The van der Waals surface area contributed by atoms with Gasteiger partial charge in [0.25, 0.3) is 0 Å². The van der Waals surface area contributed by atoms with Crippen LogP contribution in [0.3, 0.4) is 0 Å². The molecule has 186 valence electrons. The predicted molar refractivity (Wildman–Crippen MR) is 78.5 cm³/mol. The Kier molecular flexibility index (Phi) is 8.51. The van der Waals surface area contributed by atoms with Gasteiger partial charge in [0.2, 0.25) is 0 Å². The molecule has 2 atom stereocenters. The Bertz CT molecular complexity index is 661. The third-order valence-corrected chi connectivity index (χ3v) is 4.36. The highest BCUT2D eigenvalue weighted by Crippen LogP contribution is 2.41. The van der Waals surface area contributed by atoms with Crippen molar-refractivity contribution in [1.29, 1.82) is 0 Å². The van der Waals surface area contributed by atoms with E-state index in [2.05, 4.69) is 9.47 Å². The first kappa shape index (κ1) is 27.9. The fourth-order valence-corrected chi connectivity index (χ4v) is 2.62. The van der Waals surface area contributed by atoms with Gasteiger partial charge in [-0.1, -0.05) is 12.2 Å². The number of ether oxygens (including phenoxy) is 2.